The van der Waals surface area contributed by atoms with E-state index in [1.54, 1.807) is 0 Å². The average molecular weight is 307 g/mol. The number of benzene rings is 1. The van der Waals surface area contributed by atoms with E-state index in [2.05, 4.69) is 11.8 Å². The van der Waals surface area contributed by atoms with E-state index >= 15 is 0 Å². The lowest BCUT2D eigenvalue weighted by molar-refractivity contribution is -0.134. The fourth-order valence-electron chi connectivity index (χ4n) is 1.39. The first-order chi connectivity index (χ1) is 9.16. The number of rotatable bonds is 3. The zero-order chi connectivity index (χ0) is 15.4. The fourth-order valence-corrected chi connectivity index (χ4v) is 2.60. The fraction of sp³-hybridized carbons (Fsp3) is 0.333. The van der Waals surface area contributed by atoms with Crippen molar-refractivity contribution in [3.8, 4) is 11.8 Å². The van der Waals surface area contributed by atoms with E-state index in [0.717, 1.165) is 13.1 Å². The minimum absolute atomic E-state index is 0.228. The van der Waals surface area contributed by atoms with Crippen molar-refractivity contribution >= 4 is 10.0 Å². The molecule has 0 aliphatic carbocycles. The van der Waals surface area contributed by atoms with Gasteiger partial charge in [-0.2, -0.15) is 17.5 Å². The third-order valence-electron chi connectivity index (χ3n) is 2.26. The Morgan fingerprint density at radius 1 is 1.35 bits per heavy atom. The van der Waals surface area contributed by atoms with Crippen LogP contribution in [0.3, 0.4) is 0 Å². The second kappa shape index (κ2) is 6.26. The Kier molecular flexibility index (Phi) is 5.16. The van der Waals surface area contributed by atoms with Crippen LogP contribution < -0.4 is 0 Å². The lowest BCUT2D eigenvalue weighted by atomic mass is 10.2. The second-order valence-corrected chi connectivity index (χ2v) is 5.91. The summed E-state index contributed by atoms with van der Waals surface area (Å²) < 4.78 is 60.9. The van der Waals surface area contributed by atoms with E-state index in [4.69, 9.17) is 5.11 Å². The molecule has 0 aliphatic rings. The third-order valence-corrected chi connectivity index (χ3v) is 4.06. The van der Waals surface area contributed by atoms with Crippen molar-refractivity contribution in [2.45, 2.75) is 11.1 Å². The molecule has 0 aromatic heterocycles. The molecule has 0 atom stereocenters. The molecule has 0 radical (unpaired) electrons. The van der Waals surface area contributed by atoms with E-state index < -0.39 is 29.4 Å². The number of hydrogen-bond donors (Lipinski definition) is 1. The minimum Gasteiger partial charge on any atom is -0.384 e. The minimum atomic E-state index is -4.61. The Morgan fingerprint density at radius 2 is 2.00 bits per heavy atom. The normalized spacial score (nSPS) is 12.1. The van der Waals surface area contributed by atoms with E-state index in [1.165, 1.54) is 18.2 Å². The highest BCUT2D eigenvalue weighted by molar-refractivity contribution is 7.89. The van der Waals surface area contributed by atoms with Crippen LogP contribution in [0.4, 0.5) is 13.2 Å². The van der Waals surface area contributed by atoms with Gasteiger partial charge in [0.2, 0.25) is 10.0 Å². The van der Waals surface area contributed by atoms with Crippen LogP contribution in [0, 0.1) is 11.8 Å². The lowest BCUT2D eigenvalue weighted by Gasteiger charge is -2.18. The maximum Gasteiger partial charge on any atom is 0.402 e. The summed E-state index contributed by atoms with van der Waals surface area (Å²) >= 11 is 0. The molecule has 0 bridgehead atoms. The van der Waals surface area contributed by atoms with Crippen LogP contribution in [0.25, 0.3) is 0 Å². The zero-order valence-electron chi connectivity index (χ0n) is 10.5. The number of alkyl halides is 3. The molecule has 4 nitrogen and oxygen atoms in total. The van der Waals surface area contributed by atoms with Gasteiger partial charge >= 0.3 is 6.18 Å². The van der Waals surface area contributed by atoms with Gasteiger partial charge in [-0.15, -0.1) is 0 Å². The van der Waals surface area contributed by atoms with Crippen molar-refractivity contribution in [3.63, 3.8) is 0 Å². The quantitative estimate of drug-likeness (QED) is 0.854. The van der Waals surface area contributed by atoms with Gasteiger partial charge in [0, 0.05) is 12.6 Å². The van der Waals surface area contributed by atoms with Crippen molar-refractivity contribution in [3.05, 3.63) is 29.8 Å². The summed E-state index contributed by atoms with van der Waals surface area (Å²) in [6.07, 6.45) is -4.61. The monoisotopic (exact) mass is 307 g/mol. The van der Waals surface area contributed by atoms with Crippen molar-refractivity contribution < 1.29 is 26.7 Å². The van der Waals surface area contributed by atoms with Crippen LogP contribution in [-0.2, 0) is 10.0 Å². The molecular weight excluding hydrogens is 295 g/mol. The smallest absolute Gasteiger partial charge is 0.384 e. The highest BCUT2D eigenvalue weighted by Crippen LogP contribution is 2.21. The van der Waals surface area contributed by atoms with Crippen LogP contribution in [0.1, 0.15) is 5.56 Å². The highest BCUT2D eigenvalue weighted by Gasteiger charge is 2.34. The summed E-state index contributed by atoms with van der Waals surface area (Å²) in [6, 6.07) is 5.21. The van der Waals surface area contributed by atoms with Gasteiger partial charge in [-0.3, -0.25) is 0 Å². The second-order valence-electron chi connectivity index (χ2n) is 3.86. The molecule has 1 aromatic carbocycles. The van der Waals surface area contributed by atoms with Gasteiger partial charge in [-0.25, -0.2) is 8.42 Å². The molecule has 0 amide bonds. The summed E-state index contributed by atoms with van der Waals surface area (Å²) in [6.45, 7) is -1.97. The van der Waals surface area contributed by atoms with Crippen molar-refractivity contribution in [2.75, 3.05) is 20.2 Å². The van der Waals surface area contributed by atoms with E-state index in [-0.39, 0.29) is 9.20 Å². The first-order valence-electron chi connectivity index (χ1n) is 5.40. The van der Waals surface area contributed by atoms with E-state index in [0.29, 0.717) is 5.56 Å². The molecule has 0 spiro atoms. The molecule has 20 heavy (non-hydrogen) atoms. The van der Waals surface area contributed by atoms with Crippen molar-refractivity contribution in [1.29, 1.82) is 0 Å². The van der Waals surface area contributed by atoms with Gasteiger partial charge in [-0.1, -0.05) is 17.9 Å². The Hall–Kier alpha value is -1.56. The number of nitrogens with zero attached hydrogens (tertiary/aromatic N) is 1. The van der Waals surface area contributed by atoms with Gasteiger partial charge in [0.05, 0.1) is 4.90 Å². The largest absolute Gasteiger partial charge is 0.402 e. The highest BCUT2D eigenvalue weighted by atomic mass is 32.2. The number of sulfonamides is 1. The lowest BCUT2D eigenvalue weighted by Crippen LogP contribution is -2.35. The summed E-state index contributed by atoms with van der Waals surface area (Å²) in [5, 5.41) is 8.55. The van der Waals surface area contributed by atoms with Gasteiger partial charge in [0.1, 0.15) is 13.2 Å². The Labute approximate surface area is 114 Å². The summed E-state index contributed by atoms with van der Waals surface area (Å²) in [5.41, 5.74) is 0.292. The predicted molar refractivity (Wildman–Crippen MR) is 66.3 cm³/mol. The molecule has 1 aromatic rings. The Bertz CT molecular complexity index is 629. The Morgan fingerprint density at radius 3 is 2.55 bits per heavy atom. The number of aliphatic hydroxyl groups excluding tert-OH is 1. The number of aliphatic hydroxyl groups is 1. The molecule has 1 N–H and O–H groups in total. The summed E-state index contributed by atoms with van der Waals surface area (Å²) in [5.74, 6) is 4.82. The molecule has 0 unspecified atom stereocenters. The molecule has 0 saturated heterocycles. The number of hydrogen-bond acceptors (Lipinski definition) is 3. The van der Waals surface area contributed by atoms with Crippen LogP contribution in [0.2, 0.25) is 0 Å². The molecular formula is C12H12F3NO3S. The molecule has 0 saturated carbocycles. The van der Waals surface area contributed by atoms with Crippen LogP contribution >= 0.6 is 0 Å². The molecule has 0 aliphatic heterocycles. The SMILES string of the molecule is CN(CC(F)(F)F)S(=O)(=O)c1cccc(C#CCO)c1. The van der Waals surface area contributed by atoms with E-state index in [9.17, 15) is 21.6 Å². The van der Waals surface area contributed by atoms with Crippen LogP contribution in [0.5, 0.6) is 0 Å². The van der Waals surface area contributed by atoms with E-state index in [1.807, 2.05) is 0 Å². The van der Waals surface area contributed by atoms with Crippen molar-refractivity contribution in [1.82, 2.24) is 4.31 Å². The van der Waals surface area contributed by atoms with Crippen molar-refractivity contribution in [2.24, 2.45) is 0 Å². The first-order valence-corrected chi connectivity index (χ1v) is 6.84. The maximum absolute atomic E-state index is 12.2. The predicted octanol–water partition coefficient (Wildman–Crippen LogP) is 1.21. The third kappa shape index (κ3) is 4.52. The van der Waals surface area contributed by atoms with Gasteiger partial charge in [-0.05, 0) is 18.2 Å². The molecule has 0 heterocycles. The van der Waals surface area contributed by atoms with Gasteiger partial charge in [0.15, 0.2) is 0 Å². The first kappa shape index (κ1) is 16.5. The summed E-state index contributed by atoms with van der Waals surface area (Å²) in [4.78, 5) is -0.283. The average Bonchev–Trinajstić information content (AvgIpc) is 2.34. The summed E-state index contributed by atoms with van der Waals surface area (Å²) in [7, 11) is -3.38. The topological polar surface area (TPSA) is 57.6 Å². The van der Waals surface area contributed by atoms with Gasteiger partial charge < -0.3 is 5.11 Å². The zero-order valence-corrected chi connectivity index (χ0v) is 11.3. The van der Waals surface area contributed by atoms with Crippen LogP contribution in [-0.4, -0.2) is 44.2 Å². The molecule has 1 rings (SSSR count). The molecule has 8 heteroatoms. The van der Waals surface area contributed by atoms with Gasteiger partial charge in [0.25, 0.3) is 0 Å². The molecule has 0 fully saturated rings. The van der Waals surface area contributed by atoms with Crippen LogP contribution in [0.15, 0.2) is 29.2 Å². The maximum atomic E-state index is 12.2. The standard InChI is InChI=1S/C12H12F3NO3S/c1-16(9-12(13,14)15)20(18,19)11-6-2-4-10(8-11)5-3-7-17/h2,4,6,8,17H,7,9H2,1H3. The number of halogens is 3. The Balaban J connectivity index is 3.10. The molecule has 110 valence electrons.